The first-order valence-electron chi connectivity index (χ1n) is 7.25. The summed E-state index contributed by atoms with van der Waals surface area (Å²) in [4.78, 5) is 14.8. The van der Waals surface area contributed by atoms with Crippen LogP contribution in [0.1, 0.15) is 24.8 Å². The SMILES string of the molecule is CNC(=O)C1(C)CCN(CC(C(N)=S)c2ccccc2)C1. The molecule has 2 atom stereocenters. The third-order valence-corrected chi connectivity index (χ3v) is 4.60. The molecule has 5 heteroatoms. The summed E-state index contributed by atoms with van der Waals surface area (Å²) in [7, 11) is 1.69. The predicted octanol–water partition coefficient (Wildman–Crippen LogP) is 1.51. The van der Waals surface area contributed by atoms with Gasteiger partial charge in [0.1, 0.15) is 0 Å². The molecule has 1 aromatic rings. The molecule has 0 bridgehead atoms. The van der Waals surface area contributed by atoms with Gasteiger partial charge in [-0.25, -0.2) is 0 Å². The Morgan fingerprint density at radius 1 is 1.48 bits per heavy atom. The molecule has 1 amide bonds. The predicted molar refractivity (Wildman–Crippen MR) is 89.2 cm³/mol. The van der Waals surface area contributed by atoms with E-state index in [1.165, 1.54) is 0 Å². The molecule has 4 nitrogen and oxygen atoms in total. The Morgan fingerprint density at radius 3 is 2.71 bits per heavy atom. The minimum Gasteiger partial charge on any atom is -0.393 e. The lowest BCUT2D eigenvalue weighted by Crippen LogP contribution is -2.40. The minimum atomic E-state index is -0.313. The van der Waals surface area contributed by atoms with Crippen LogP contribution < -0.4 is 11.1 Å². The number of amides is 1. The molecule has 1 saturated heterocycles. The number of rotatable bonds is 5. The molecule has 0 saturated carbocycles. The van der Waals surface area contributed by atoms with Crippen molar-refractivity contribution in [3.63, 3.8) is 0 Å². The summed E-state index contributed by atoms with van der Waals surface area (Å²) >= 11 is 5.24. The zero-order valence-corrected chi connectivity index (χ0v) is 13.5. The van der Waals surface area contributed by atoms with E-state index in [0.29, 0.717) is 4.99 Å². The van der Waals surface area contributed by atoms with Crippen LogP contribution in [0.15, 0.2) is 30.3 Å². The van der Waals surface area contributed by atoms with Crippen molar-refractivity contribution in [3.8, 4) is 0 Å². The molecule has 0 aromatic heterocycles. The second-order valence-corrected chi connectivity index (χ2v) is 6.46. The fourth-order valence-corrected chi connectivity index (χ4v) is 3.21. The van der Waals surface area contributed by atoms with E-state index in [0.717, 1.165) is 31.6 Å². The van der Waals surface area contributed by atoms with Crippen molar-refractivity contribution in [1.29, 1.82) is 0 Å². The van der Waals surface area contributed by atoms with Gasteiger partial charge in [-0.3, -0.25) is 4.79 Å². The van der Waals surface area contributed by atoms with Crippen LogP contribution >= 0.6 is 12.2 Å². The van der Waals surface area contributed by atoms with E-state index in [1.807, 2.05) is 25.1 Å². The lowest BCUT2D eigenvalue weighted by molar-refractivity contribution is -0.129. The van der Waals surface area contributed by atoms with Crippen LogP contribution in [0, 0.1) is 5.41 Å². The number of likely N-dealkylation sites (tertiary alicyclic amines) is 1. The fourth-order valence-electron chi connectivity index (χ4n) is 3.00. The Balaban J connectivity index is 2.07. The number of nitrogens with one attached hydrogen (secondary N) is 1. The van der Waals surface area contributed by atoms with Crippen molar-refractivity contribution >= 4 is 23.1 Å². The van der Waals surface area contributed by atoms with Gasteiger partial charge in [0.25, 0.3) is 0 Å². The normalized spacial score (nSPS) is 23.7. The Kier molecular flexibility index (Phi) is 4.96. The molecule has 2 rings (SSSR count). The summed E-state index contributed by atoms with van der Waals surface area (Å²) in [5.74, 6) is 0.143. The monoisotopic (exact) mass is 305 g/mol. The van der Waals surface area contributed by atoms with Crippen LogP contribution in [0.5, 0.6) is 0 Å². The molecule has 0 spiro atoms. The minimum absolute atomic E-state index is 0.0354. The van der Waals surface area contributed by atoms with Crippen molar-refractivity contribution < 1.29 is 4.79 Å². The van der Waals surface area contributed by atoms with Crippen LogP contribution in [0.2, 0.25) is 0 Å². The second kappa shape index (κ2) is 6.54. The maximum Gasteiger partial charge on any atom is 0.227 e. The van der Waals surface area contributed by atoms with E-state index in [4.69, 9.17) is 18.0 Å². The number of carbonyl (C=O) groups excluding carboxylic acids is 1. The smallest absolute Gasteiger partial charge is 0.227 e. The van der Waals surface area contributed by atoms with Gasteiger partial charge in [-0.15, -0.1) is 0 Å². The molecule has 1 fully saturated rings. The van der Waals surface area contributed by atoms with Crippen LogP contribution in [0.3, 0.4) is 0 Å². The first kappa shape index (κ1) is 15.9. The van der Waals surface area contributed by atoms with Crippen molar-refractivity contribution in [2.24, 2.45) is 11.1 Å². The zero-order valence-electron chi connectivity index (χ0n) is 12.6. The molecule has 21 heavy (non-hydrogen) atoms. The molecular formula is C16H23N3OS. The summed E-state index contributed by atoms with van der Waals surface area (Å²) in [5.41, 5.74) is 6.75. The van der Waals surface area contributed by atoms with Gasteiger partial charge in [0.15, 0.2) is 0 Å². The Hall–Kier alpha value is -1.46. The van der Waals surface area contributed by atoms with Crippen molar-refractivity contribution in [2.75, 3.05) is 26.7 Å². The molecule has 1 heterocycles. The van der Waals surface area contributed by atoms with Gasteiger partial charge in [0.05, 0.1) is 10.4 Å². The number of hydrogen-bond donors (Lipinski definition) is 2. The van der Waals surface area contributed by atoms with Crippen LogP contribution in [0.25, 0.3) is 0 Å². The van der Waals surface area contributed by atoms with Gasteiger partial charge < -0.3 is 16.0 Å². The standard InChI is InChI=1S/C16H23N3OS/c1-16(15(20)18-2)8-9-19(11-16)10-13(14(17)21)12-6-4-3-5-7-12/h3-7,13H,8-11H2,1-2H3,(H2,17,21)(H,18,20). The zero-order chi connectivity index (χ0) is 15.5. The first-order valence-corrected chi connectivity index (χ1v) is 7.66. The fraction of sp³-hybridized carbons (Fsp3) is 0.500. The lowest BCUT2D eigenvalue weighted by Gasteiger charge is -2.26. The third kappa shape index (κ3) is 3.60. The van der Waals surface area contributed by atoms with E-state index >= 15 is 0 Å². The van der Waals surface area contributed by atoms with Gasteiger partial charge in [-0.05, 0) is 25.5 Å². The number of benzene rings is 1. The van der Waals surface area contributed by atoms with Gasteiger partial charge in [0.2, 0.25) is 5.91 Å². The van der Waals surface area contributed by atoms with E-state index in [-0.39, 0.29) is 17.2 Å². The number of hydrogen-bond acceptors (Lipinski definition) is 3. The number of nitrogens with zero attached hydrogens (tertiary/aromatic N) is 1. The molecule has 0 radical (unpaired) electrons. The quantitative estimate of drug-likeness (QED) is 0.810. The third-order valence-electron chi connectivity index (χ3n) is 4.31. The second-order valence-electron chi connectivity index (χ2n) is 5.99. The topological polar surface area (TPSA) is 58.4 Å². The van der Waals surface area contributed by atoms with Gasteiger partial charge in [0, 0.05) is 26.1 Å². The van der Waals surface area contributed by atoms with Crippen LogP contribution in [-0.2, 0) is 4.79 Å². The number of nitrogens with two attached hydrogens (primary N) is 1. The molecule has 1 aliphatic rings. The van der Waals surface area contributed by atoms with Crippen LogP contribution in [0.4, 0.5) is 0 Å². The lowest BCUT2D eigenvalue weighted by atomic mass is 9.89. The number of carbonyl (C=O) groups is 1. The van der Waals surface area contributed by atoms with E-state index < -0.39 is 0 Å². The maximum absolute atomic E-state index is 12.0. The molecule has 3 N–H and O–H groups in total. The highest BCUT2D eigenvalue weighted by Gasteiger charge is 2.40. The molecular weight excluding hydrogens is 282 g/mol. The average molecular weight is 305 g/mol. The maximum atomic E-state index is 12.0. The molecule has 2 unspecified atom stereocenters. The average Bonchev–Trinajstić information content (AvgIpc) is 2.87. The van der Waals surface area contributed by atoms with Gasteiger partial charge in [-0.1, -0.05) is 42.5 Å². The largest absolute Gasteiger partial charge is 0.393 e. The van der Waals surface area contributed by atoms with Crippen LogP contribution in [-0.4, -0.2) is 42.5 Å². The highest BCUT2D eigenvalue weighted by atomic mass is 32.1. The highest BCUT2D eigenvalue weighted by molar-refractivity contribution is 7.80. The Labute approximate surface area is 131 Å². The van der Waals surface area contributed by atoms with E-state index in [9.17, 15) is 4.79 Å². The van der Waals surface area contributed by atoms with Crippen molar-refractivity contribution in [2.45, 2.75) is 19.3 Å². The summed E-state index contributed by atoms with van der Waals surface area (Å²) in [5, 5.41) is 2.76. The molecule has 1 aromatic carbocycles. The summed E-state index contributed by atoms with van der Waals surface area (Å²) < 4.78 is 0. The molecule has 0 aliphatic carbocycles. The van der Waals surface area contributed by atoms with E-state index in [1.54, 1.807) is 7.05 Å². The summed E-state index contributed by atoms with van der Waals surface area (Å²) in [6.07, 6.45) is 0.867. The van der Waals surface area contributed by atoms with E-state index in [2.05, 4.69) is 22.3 Å². The number of thiocarbonyl (C=S) groups is 1. The Morgan fingerprint density at radius 2 is 2.14 bits per heavy atom. The molecule has 1 aliphatic heterocycles. The summed E-state index contributed by atoms with van der Waals surface area (Å²) in [6, 6.07) is 10.1. The highest BCUT2D eigenvalue weighted by Crippen LogP contribution is 2.31. The van der Waals surface area contributed by atoms with Gasteiger partial charge in [-0.2, -0.15) is 0 Å². The van der Waals surface area contributed by atoms with Crippen molar-refractivity contribution in [3.05, 3.63) is 35.9 Å². The van der Waals surface area contributed by atoms with Crippen molar-refractivity contribution in [1.82, 2.24) is 10.2 Å². The first-order chi connectivity index (χ1) is 9.96. The van der Waals surface area contributed by atoms with Gasteiger partial charge >= 0.3 is 0 Å². The molecule has 114 valence electrons. The Bertz CT molecular complexity index is 520. The summed E-state index contributed by atoms with van der Waals surface area (Å²) in [6.45, 7) is 4.44.